The third-order valence-electron chi connectivity index (χ3n) is 3.93. The molecule has 1 fully saturated rings. The molecule has 2 aromatic rings. The lowest BCUT2D eigenvalue weighted by Crippen LogP contribution is -2.32. The average molecular weight is 421 g/mol. The molecule has 1 aliphatic rings. The lowest BCUT2D eigenvalue weighted by Gasteiger charge is -2.13. The number of ether oxygens (including phenoxy) is 2. The monoisotopic (exact) mass is 421 g/mol. The van der Waals surface area contributed by atoms with Crippen molar-refractivity contribution in [1.82, 2.24) is 14.7 Å². The van der Waals surface area contributed by atoms with Gasteiger partial charge in [-0.05, 0) is 25.0 Å². The molecule has 154 valence electrons. The first-order valence-corrected chi connectivity index (χ1v) is 10.0. The quantitative estimate of drug-likeness (QED) is 0.607. The molecule has 1 heterocycles. The lowest BCUT2D eigenvalue weighted by atomic mass is 10.3. The highest BCUT2D eigenvalue weighted by molar-refractivity contribution is 7.90. The number of hydrogen-bond donors (Lipinski definition) is 3. The summed E-state index contributed by atoms with van der Waals surface area (Å²) in [5.74, 6) is -0.619. The minimum absolute atomic E-state index is 0.0176. The van der Waals surface area contributed by atoms with Crippen LogP contribution in [0.5, 0.6) is 11.8 Å². The minimum Gasteiger partial charge on any atom is -0.481 e. The fourth-order valence-corrected chi connectivity index (χ4v) is 3.55. The summed E-state index contributed by atoms with van der Waals surface area (Å²) in [6.45, 7) is 0. The van der Waals surface area contributed by atoms with E-state index in [-0.39, 0.29) is 34.2 Å². The molecule has 3 amide bonds. The molecule has 0 unspecified atom stereocenters. The van der Waals surface area contributed by atoms with Crippen LogP contribution in [0.25, 0.3) is 0 Å². The number of para-hydroxylation sites is 1. The molecule has 1 aromatic heterocycles. The maximum absolute atomic E-state index is 12.5. The third kappa shape index (κ3) is 5.10. The van der Waals surface area contributed by atoms with Gasteiger partial charge in [-0.3, -0.25) is 10.1 Å². The first-order chi connectivity index (χ1) is 13.8. The lowest BCUT2D eigenvalue weighted by molar-refractivity contribution is -0.120. The number of aromatic nitrogens is 2. The van der Waals surface area contributed by atoms with E-state index in [1.165, 1.54) is 38.5 Å². The number of carbonyl (C=O) groups is 2. The molecule has 0 bridgehead atoms. The van der Waals surface area contributed by atoms with Gasteiger partial charge in [0, 0.05) is 5.92 Å². The van der Waals surface area contributed by atoms with Crippen molar-refractivity contribution in [3.05, 3.63) is 30.3 Å². The molecule has 1 saturated carbocycles. The molecule has 0 aliphatic heterocycles. The molecular weight excluding hydrogens is 402 g/mol. The van der Waals surface area contributed by atoms with Crippen LogP contribution >= 0.6 is 0 Å². The van der Waals surface area contributed by atoms with Gasteiger partial charge in [0.05, 0.1) is 26.0 Å². The molecule has 0 atom stereocenters. The van der Waals surface area contributed by atoms with E-state index in [4.69, 9.17) is 9.47 Å². The van der Waals surface area contributed by atoms with E-state index in [2.05, 4.69) is 20.6 Å². The van der Waals surface area contributed by atoms with Gasteiger partial charge < -0.3 is 14.8 Å². The van der Waals surface area contributed by atoms with E-state index in [9.17, 15) is 18.0 Å². The number of hydrogen-bond acceptors (Lipinski definition) is 8. The van der Waals surface area contributed by atoms with E-state index in [1.807, 2.05) is 4.72 Å². The van der Waals surface area contributed by atoms with Gasteiger partial charge in [-0.15, -0.1) is 0 Å². The second-order valence-electron chi connectivity index (χ2n) is 6.10. The molecule has 0 radical (unpaired) electrons. The van der Waals surface area contributed by atoms with Gasteiger partial charge in [0.2, 0.25) is 23.6 Å². The Morgan fingerprint density at radius 2 is 1.66 bits per heavy atom. The van der Waals surface area contributed by atoms with E-state index in [1.54, 1.807) is 6.07 Å². The van der Waals surface area contributed by atoms with Crippen molar-refractivity contribution in [2.75, 3.05) is 24.9 Å². The van der Waals surface area contributed by atoms with E-state index < -0.39 is 22.0 Å². The number of benzene rings is 1. The van der Waals surface area contributed by atoms with Crippen molar-refractivity contribution < 1.29 is 27.5 Å². The number of nitrogens with zero attached hydrogens (tertiary/aromatic N) is 2. The summed E-state index contributed by atoms with van der Waals surface area (Å²) in [4.78, 5) is 31.9. The molecule has 0 spiro atoms. The maximum atomic E-state index is 12.5. The Morgan fingerprint density at radius 1 is 1.03 bits per heavy atom. The Bertz CT molecular complexity index is 1020. The van der Waals surface area contributed by atoms with Crippen molar-refractivity contribution in [2.45, 2.75) is 17.7 Å². The van der Waals surface area contributed by atoms with Crippen molar-refractivity contribution in [1.29, 1.82) is 0 Å². The van der Waals surface area contributed by atoms with E-state index >= 15 is 0 Å². The standard InChI is InChI=1S/C17H19N5O6S/c1-27-13-9-14(28-2)20-16(19-13)21-17(24)18-11-5-3-4-6-12(11)29(25,26)22-15(23)10-7-8-10/h3-6,9-10H,7-8H2,1-2H3,(H,22,23)(H2,18,19,20,21,24). The number of methoxy groups -OCH3 is 2. The number of amides is 3. The summed E-state index contributed by atoms with van der Waals surface area (Å²) in [6, 6.07) is 6.33. The zero-order chi connectivity index (χ0) is 21.0. The van der Waals surface area contributed by atoms with Crippen LogP contribution in [-0.2, 0) is 14.8 Å². The van der Waals surface area contributed by atoms with Crippen LogP contribution in [0.3, 0.4) is 0 Å². The van der Waals surface area contributed by atoms with Crippen molar-refractivity contribution in [3.8, 4) is 11.8 Å². The number of carbonyl (C=O) groups excluding carboxylic acids is 2. The van der Waals surface area contributed by atoms with Crippen LogP contribution in [0.4, 0.5) is 16.4 Å². The number of urea groups is 1. The van der Waals surface area contributed by atoms with Gasteiger partial charge in [0.1, 0.15) is 4.90 Å². The molecule has 11 nitrogen and oxygen atoms in total. The number of sulfonamides is 1. The Hall–Kier alpha value is -3.41. The Morgan fingerprint density at radius 3 is 2.24 bits per heavy atom. The molecule has 29 heavy (non-hydrogen) atoms. The van der Waals surface area contributed by atoms with Crippen LogP contribution in [0.2, 0.25) is 0 Å². The van der Waals surface area contributed by atoms with E-state index in [0.717, 1.165) is 0 Å². The first kappa shape index (κ1) is 20.3. The highest BCUT2D eigenvalue weighted by Gasteiger charge is 2.33. The minimum atomic E-state index is -4.15. The molecule has 12 heteroatoms. The molecule has 1 aromatic carbocycles. The Labute approximate surface area is 166 Å². The number of rotatable bonds is 7. The number of nitrogens with one attached hydrogen (secondary N) is 3. The largest absolute Gasteiger partial charge is 0.481 e. The number of anilines is 2. The summed E-state index contributed by atoms with van der Waals surface area (Å²) in [5, 5.41) is 4.79. The molecule has 1 aliphatic carbocycles. The van der Waals surface area contributed by atoms with Gasteiger partial charge >= 0.3 is 6.03 Å². The maximum Gasteiger partial charge on any atom is 0.326 e. The third-order valence-corrected chi connectivity index (χ3v) is 5.34. The zero-order valence-corrected chi connectivity index (χ0v) is 16.4. The highest BCUT2D eigenvalue weighted by Crippen LogP contribution is 2.30. The van der Waals surface area contributed by atoms with Gasteiger partial charge in [-0.2, -0.15) is 9.97 Å². The van der Waals surface area contributed by atoms with Crippen molar-refractivity contribution >= 4 is 33.6 Å². The highest BCUT2D eigenvalue weighted by atomic mass is 32.2. The van der Waals surface area contributed by atoms with Crippen LogP contribution in [0, 0.1) is 5.92 Å². The van der Waals surface area contributed by atoms with E-state index in [0.29, 0.717) is 12.8 Å². The Kier molecular flexibility index (Phi) is 5.82. The Balaban J connectivity index is 1.77. The smallest absolute Gasteiger partial charge is 0.326 e. The van der Waals surface area contributed by atoms with Crippen LogP contribution < -0.4 is 24.8 Å². The summed E-state index contributed by atoms with van der Waals surface area (Å²) in [7, 11) is -1.37. The summed E-state index contributed by atoms with van der Waals surface area (Å²) >= 11 is 0. The molecule has 3 rings (SSSR count). The summed E-state index contributed by atoms with van der Waals surface area (Å²) < 4.78 is 37.1. The van der Waals surface area contributed by atoms with Gasteiger partial charge in [-0.1, -0.05) is 12.1 Å². The predicted octanol–water partition coefficient (Wildman–Crippen LogP) is 1.35. The van der Waals surface area contributed by atoms with Crippen LogP contribution in [0.15, 0.2) is 35.2 Å². The second-order valence-corrected chi connectivity index (χ2v) is 7.75. The SMILES string of the molecule is COc1cc(OC)nc(NC(=O)Nc2ccccc2S(=O)(=O)NC(=O)C2CC2)n1. The van der Waals surface area contributed by atoms with Crippen molar-refractivity contribution in [2.24, 2.45) is 5.92 Å². The van der Waals surface area contributed by atoms with Crippen LogP contribution in [-0.4, -0.2) is 44.5 Å². The normalized spacial score (nSPS) is 13.3. The summed E-state index contributed by atoms with van der Waals surface area (Å²) in [5.41, 5.74) is -0.0176. The van der Waals surface area contributed by atoms with Crippen LogP contribution in [0.1, 0.15) is 12.8 Å². The predicted molar refractivity (Wildman–Crippen MR) is 102 cm³/mol. The molecule has 0 saturated heterocycles. The second kappa shape index (κ2) is 8.31. The molecule has 3 N–H and O–H groups in total. The fraction of sp³-hybridized carbons (Fsp3) is 0.294. The first-order valence-electron chi connectivity index (χ1n) is 8.53. The van der Waals surface area contributed by atoms with Gasteiger partial charge in [0.15, 0.2) is 0 Å². The topological polar surface area (TPSA) is 149 Å². The zero-order valence-electron chi connectivity index (χ0n) is 15.6. The molecular formula is C17H19N5O6S. The van der Waals surface area contributed by atoms with Gasteiger partial charge in [-0.25, -0.2) is 17.9 Å². The average Bonchev–Trinajstić information content (AvgIpc) is 3.53. The summed E-state index contributed by atoms with van der Waals surface area (Å²) in [6.07, 6.45) is 1.32. The fourth-order valence-electron chi connectivity index (χ4n) is 2.34. The van der Waals surface area contributed by atoms with Crippen molar-refractivity contribution in [3.63, 3.8) is 0 Å². The van der Waals surface area contributed by atoms with Gasteiger partial charge in [0.25, 0.3) is 10.0 Å².